The van der Waals surface area contributed by atoms with Crippen LogP contribution in [-0.2, 0) is 9.84 Å². The van der Waals surface area contributed by atoms with Gasteiger partial charge >= 0.3 is 0 Å². The second-order valence-corrected chi connectivity index (χ2v) is 8.29. The fourth-order valence-electron chi connectivity index (χ4n) is 2.83. The molecule has 2 N–H and O–H groups in total. The van der Waals surface area contributed by atoms with Crippen LogP contribution in [0.15, 0.2) is 41.4 Å². The lowest BCUT2D eigenvalue weighted by Crippen LogP contribution is -2.38. The second kappa shape index (κ2) is 7.96. The molecule has 1 aromatic heterocycles. The Labute approximate surface area is 151 Å². The summed E-state index contributed by atoms with van der Waals surface area (Å²) in [6.45, 7) is 1.47. The van der Waals surface area contributed by atoms with Gasteiger partial charge in [-0.1, -0.05) is 0 Å². The van der Waals surface area contributed by atoms with Crippen molar-refractivity contribution in [3.05, 3.63) is 42.3 Å². The summed E-state index contributed by atoms with van der Waals surface area (Å²) in [6.07, 6.45) is 2.91. The number of β-amino-alcohol motifs (C(OH)–C–C–N with tert-alkyl or cyclic N) is 1. The lowest BCUT2D eigenvalue weighted by atomic mass is 10.1. The van der Waals surface area contributed by atoms with E-state index in [1.54, 1.807) is 12.3 Å². The molecular weight excluding hydrogens is 359 g/mol. The highest BCUT2D eigenvalue weighted by molar-refractivity contribution is 7.91. The highest BCUT2D eigenvalue weighted by Crippen LogP contribution is 2.18. The van der Waals surface area contributed by atoms with Crippen LogP contribution in [0.3, 0.4) is 0 Å². The van der Waals surface area contributed by atoms with Gasteiger partial charge < -0.3 is 15.3 Å². The predicted molar refractivity (Wildman–Crippen MR) is 96.4 cm³/mol. The van der Waals surface area contributed by atoms with Crippen molar-refractivity contribution >= 4 is 21.6 Å². The molecule has 1 aromatic carbocycles. The quantitative estimate of drug-likeness (QED) is 0.733. The van der Waals surface area contributed by atoms with E-state index in [1.807, 2.05) is 4.90 Å². The van der Waals surface area contributed by atoms with Gasteiger partial charge in [-0.2, -0.15) is 4.98 Å². The minimum Gasteiger partial charge on any atom is -0.391 e. The van der Waals surface area contributed by atoms with Crippen LogP contribution in [0.2, 0.25) is 0 Å². The van der Waals surface area contributed by atoms with Crippen LogP contribution >= 0.6 is 0 Å². The summed E-state index contributed by atoms with van der Waals surface area (Å²) in [6, 6.07) is 6.52. The molecule has 1 fully saturated rings. The molecule has 1 atom stereocenters. The van der Waals surface area contributed by atoms with Crippen molar-refractivity contribution in [1.82, 2.24) is 9.97 Å². The number of rotatable bonds is 6. The summed E-state index contributed by atoms with van der Waals surface area (Å²) < 4.78 is 37.4. The number of hydrogen-bond donors (Lipinski definition) is 2. The van der Waals surface area contributed by atoms with Crippen molar-refractivity contribution in [3.63, 3.8) is 0 Å². The number of aliphatic hydroxyl groups is 1. The van der Waals surface area contributed by atoms with Gasteiger partial charge in [0.15, 0.2) is 9.84 Å². The van der Waals surface area contributed by atoms with E-state index in [9.17, 15) is 17.9 Å². The van der Waals surface area contributed by atoms with Crippen molar-refractivity contribution < 1.29 is 17.9 Å². The first-order valence-electron chi connectivity index (χ1n) is 8.42. The van der Waals surface area contributed by atoms with E-state index in [4.69, 9.17) is 0 Å². The van der Waals surface area contributed by atoms with E-state index >= 15 is 0 Å². The van der Waals surface area contributed by atoms with Crippen LogP contribution in [0.5, 0.6) is 0 Å². The lowest BCUT2D eigenvalue weighted by molar-refractivity contribution is 0.154. The van der Waals surface area contributed by atoms with E-state index < -0.39 is 15.7 Å². The standard InChI is InChI=1S/C17H21FN4O3S/c18-13-3-5-15(6-4-13)26(24,25)11-9-20-17-19-8-7-16(21-17)22-10-1-2-14(23)12-22/h3-8,14,23H,1-2,9-12H2,(H,19,20,21). The summed E-state index contributed by atoms with van der Waals surface area (Å²) in [5.41, 5.74) is 0. The largest absolute Gasteiger partial charge is 0.391 e. The molecule has 9 heteroatoms. The highest BCUT2D eigenvalue weighted by Gasteiger charge is 2.19. The molecule has 26 heavy (non-hydrogen) atoms. The van der Waals surface area contributed by atoms with E-state index in [1.165, 1.54) is 12.1 Å². The molecule has 1 aliphatic heterocycles. The van der Waals surface area contributed by atoms with E-state index in [0.717, 1.165) is 31.5 Å². The Morgan fingerprint density at radius 2 is 2.04 bits per heavy atom. The molecule has 0 radical (unpaired) electrons. The molecule has 3 rings (SSSR count). The Kier molecular flexibility index (Phi) is 5.67. The molecule has 1 unspecified atom stereocenters. The van der Waals surface area contributed by atoms with Crippen molar-refractivity contribution in [2.24, 2.45) is 0 Å². The van der Waals surface area contributed by atoms with Gasteiger partial charge in [0, 0.05) is 25.8 Å². The molecule has 1 aliphatic rings. The number of anilines is 2. The summed E-state index contributed by atoms with van der Waals surface area (Å²) in [4.78, 5) is 10.5. The SMILES string of the molecule is O=S(=O)(CCNc1nccc(N2CCCC(O)C2)n1)c1ccc(F)cc1. The Bertz CT molecular complexity index is 845. The summed E-state index contributed by atoms with van der Waals surface area (Å²) >= 11 is 0. The minimum absolute atomic E-state index is 0.0812. The van der Waals surface area contributed by atoms with Gasteiger partial charge in [0.1, 0.15) is 11.6 Å². The molecular formula is C17H21FN4O3S. The van der Waals surface area contributed by atoms with Gasteiger partial charge in [-0.15, -0.1) is 0 Å². The first-order chi connectivity index (χ1) is 12.4. The minimum atomic E-state index is -3.51. The maximum Gasteiger partial charge on any atom is 0.224 e. The molecule has 0 aliphatic carbocycles. The Morgan fingerprint density at radius 3 is 2.77 bits per heavy atom. The van der Waals surface area contributed by atoms with Gasteiger partial charge in [-0.25, -0.2) is 17.8 Å². The predicted octanol–water partition coefficient (Wildman–Crippen LogP) is 1.46. The third-order valence-corrected chi connectivity index (χ3v) is 5.92. The molecule has 0 amide bonds. The van der Waals surface area contributed by atoms with Gasteiger partial charge in [0.05, 0.1) is 16.8 Å². The number of halogens is 1. The average Bonchev–Trinajstić information content (AvgIpc) is 2.62. The fourth-order valence-corrected chi connectivity index (χ4v) is 3.99. The first-order valence-corrected chi connectivity index (χ1v) is 10.1. The number of nitrogens with one attached hydrogen (secondary N) is 1. The number of sulfone groups is 1. The topological polar surface area (TPSA) is 95.4 Å². The number of benzene rings is 1. The van der Waals surface area contributed by atoms with Crippen LogP contribution in [0.4, 0.5) is 16.2 Å². The average molecular weight is 380 g/mol. The molecule has 0 saturated carbocycles. The Balaban J connectivity index is 1.59. The van der Waals surface area contributed by atoms with Crippen LogP contribution in [0.25, 0.3) is 0 Å². The zero-order valence-corrected chi connectivity index (χ0v) is 15.0. The third-order valence-electron chi connectivity index (χ3n) is 4.19. The number of hydrogen-bond acceptors (Lipinski definition) is 7. The normalized spacial score (nSPS) is 17.9. The maximum absolute atomic E-state index is 12.9. The smallest absolute Gasteiger partial charge is 0.224 e. The van der Waals surface area contributed by atoms with Crippen molar-refractivity contribution in [1.29, 1.82) is 0 Å². The third kappa shape index (κ3) is 4.67. The fraction of sp³-hybridized carbons (Fsp3) is 0.412. The zero-order valence-electron chi connectivity index (χ0n) is 14.2. The monoisotopic (exact) mass is 380 g/mol. The molecule has 2 heterocycles. The van der Waals surface area contributed by atoms with Gasteiger partial charge in [0.2, 0.25) is 5.95 Å². The molecule has 0 spiro atoms. The van der Waals surface area contributed by atoms with Crippen molar-refractivity contribution in [3.8, 4) is 0 Å². The second-order valence-electron chi connectivity index (χ2n) is 6.18. The zero-order chi connectivity index (χ0) is 18.6. The van der Waals surface area contributed by atoms with Gasteiger partial charge in [0.25, 0.3) is 0 Å². The van der Waals surface area contributed by atoms with Gasteiger partial charge in [-0.05, 0) is 43.2 Å². The summed E-state index contributed by atoms with van der Waals surface area (Å²) in [5.74, 6) is 0.392. The molecule has 0 bridgehead atoms. The van der Waals surface area contributed by atoms with Crippen molar-refractivity contribution in [2.45, 2.75) is 23.8 Å². The van der Waals surface area contributed by atoms with Crippen LogP contribution < -0.4 is 10.2 Å². The number of aromatic nitrogens is 2. The number of piperidine rings is 1. The maximum atomic E-state index is 12.9. The molecule has 140 valence electrons. The van der Waals surface area contributed by atoms with E-state index in [-0.39, 0.29) is 23.3 Å². The molecule has 2 aromatic rings. The Hall–Kier alpha value is -2.26. The lowest BCUT2D eigenvalue weighted by Gasteiger charge is -2.31. The Morgan fingerprint density at radius 1 is 1.27 bits per heavy atom. The number of aliphatic hydroxyl groups excluding tert-OH is 1. The molecule has 7 nitrogen and oxygen atoms in total. The van der Waals surface area contributed by atoms with Gasteiger partial charge in [-0.3, -0.25) is 0 Å². The number of nitrogens with zero attached hydrogens (tertiary/aromatic N) is 3. The van der Waals surface area contributed by atoms with Crippen LogP contribution in [0.1, 0.15) is 12.8 Å². The first kappa shape index (κ1) is 18.5. The summed E-state index contributed by atoms with van der Waals surface area (Å²) in [5, 5.41) is 12.7. The molecule has 1 saturated heterocycles. The van der Waals surface area contributed by atoms with E-state index in [0.29, 0.717) is 18.3 Å². The van der Waals surface area contributed by atoms with Crippen molar-refractivity contribution in [2.75, 3.05) is 35.6 Å². The summed E-state index contributed by atoms with van der Waals surface area (Å²) in [7, 11) is -3.51. The van der Waals surface area contributed by atoms with E-state index in [2.05, 4.69) is 15.3 Å². The van der Waals surface area contributed by atoms with Crippen LogP contribution in [-0.4, -0.2) is 55.0 Å². The highest BCUT2D eigenvalue weighted by atomic mass is 32.2. The van der Waals surface area contributed by atoms with Crippen LogP contribution in [0, 0.1) is 5.82 Å².